The highest BCUT2D eigenvalue weighted by molar-refractivity contribution is 6.70. The Hall–Kier alpha value is -1.66. The Balaban J connectivity index is 2.05. The maximum absolute atomic E-state index is 6.52. The summed E-state index contributed by atoms with van der Waals surface area (Å²) >= 11 is 0. The van der Waals surface area contributed by atoms with Crippen LogP contribution in [0.4, 0.5) is 0 Å². The van der Waals surface area contributed by atoms with E-state index in [9.17, 15) is 0 Å². The van der Waals surface area contributed by atoms with Gasteiger partial charge in [0, 0.05) is 23.3 Å². The summed E-state index contributed by atoms with van der Waals surface area (Å²) in [7, 11) is -2.51. The van der Waals surface area contributed by atoms with Gasteiger partial charge in [0.1, 0.15) is 17.5 Å². The van der Waals surface area contributed by atoms with Gasteiger partial charge in [-0.05, 0) is 6.42 Å². The highest BCUT2D eigenvalue weighted by atomic mass is 28.4. The zero-order valence-electron chi connectivity index (χ0n) is 16.4. The quantitative estimate of drug-likeness (QED) is 0.691. The van der Waals surface area contributed by atoms with Crippen LogP contribution < -0.4 is 0 Å². The van der Waals surface area contributed by atoms with Gasteiger partial charge in [-0.3, -0.25) is 0 Å². The van der Waals surface area contributed by atoms with Crippen LogP contribution in [0.5, 0.6) is 0 Å². The first-order valence-corrected chi connectivity index (χ1v) is 11.7. The van der Waals surface area contributed by atoms with Crippen molar-refractivity contribution in [2.24, 2.45) is 16.2 Å². The fourth-order valence-corrected chi connectivity index (χ4v) is 6.95. The lowest BCUT2D eigenvalue weighted by atomic mass is 9.90. The summed E-state index contributed by atoms with van der Waals surface area (Å²) in [6.07, 6.45) is 2.06. The van der Waals surface area contributed by atoms with E-state index in [1.54, 1.807) is 0 Å². The van der Waals surface area contributed by atoms with Crippen LogP contribution in [-0.4, -0.2) is 32.7 Å². The molecular formula is C20H30N2O3Si. The topological polar surface area (TPSA) is 52.4 Å². The number of hydrogen-bond donors (Lipinski definition) is 0. The Morgan fingerprint density at radius 1 is 1.08 bits per heavy atom. The summed E-state index contributed by atoms with van der Waals surface area (Å²) < 4.78 is 12.7. The van der Waals surface area contributed by atoms with E-state index < -0.39 is 8.56 Å². The van der Waals surface area contributed by atoms with Crippen LogP contribution in [0, 0.1) is 5.92 Å². The molecule has 0 aromatic heterocycles. The van der Waals surface area contributed by atoms with Crippen molar-refractivity contribution in [2.75, 3.05) is 6.61 Å². The van der Waals surface area contributed by atoms with E-state index >= 15 is 0 Å². The van der Waals surface area contributed by atoms with Crippen LogP contribution in [0.3, 0.4) is 0 Å². The summed E-state index contributed by atoms with van der Waals surface area (Å²) in [5, 5.41) is 9.03. The van der Waals surface area contributed by atoms with Crippen molar-refractivity contribution in [3.8, 4) is 0 Å². The summed E-state index contributed by atoms with van der Waals surface area (Å²) in [5.41, 5.74) is 3.25. The van der Waals surface area contributed by atoms with Gasteiger partial charge < -0.3 is 13.8 Å². The molecule has 1 aromatic rings. The predicted molar refractivity (Wildman–Crippen MR) is 107 cm³/mol. The zero-order chi connectivity index (χ0) is 18.7. The molecule has 0 fully saturated rings. The van der Waals surface area contributed by atoms with Crippen molar-refractivity contribution in [2.45, 2.75) is 64.6 Å². The number of rotatable bonds is 5. The highest BCUT2D eigenvalue weighted by Crippen LogP contribution is 2.38. The standard InChI is InChI=1S/C20H30N2O3Si/c1-6-10-18-17-13-23-26(14(2)3,15(4)5)25-22-19(20(17)21-24-18)16-11-8-7-9-12-16/h7-9,11-12,14-15,17-18H,6,10,13H2,1-5H3/b22-19-/t17-,18-/m1/s1. The minimum absolute atomic E-state index is 0.0491. The molecular weight excluding hydrogens is 344 g/mol. The smallest absolute Gasteiger partial charge is 0.420 e. The summed E-state index contributed by atoms with van der Waals surface area (Å²) in [5.74, 6) is 0.0992. The van der Waals surface area contributed by atoms with Gasteiger partial charge in [-0.15, -0.1) is 0 Å². The molecule has 0 radical (unpaired) electrons. The molecule has 0 amide bonds. The van der Waals surface area contributed by atoms with Crippen molar-refractivity contribution >= 4 is 20.0 Å². The van der Waals surface area contributed by atoms with Crippen LogP contribution in [0.25, 0.3) is 0 Å². The molecule has 142 valence electrons. The molecule has 3 rings (SSSR count). The van der Waals surface area contributed by atoms with Gasteiger partial charge in [0.2, 0.25) is 0 Å². The third-order valence-corrected chi connectivity index (χ3v) is 9.54. The van der Waals surface area contributed by atoms with Crippen molar-refractivity contribution in [3.05, 3.63) is 35.9 Å². The molecule has 0 saturated carbocycles. The summed E-state index contributed by atoms with van der Waals surface area (Å²) in [6, 6.07) is 10.1. The van der Waals surface area contributed by atoms with Crippen molar-refractivity contribution in [3.63, 3.8) is 0 Å². The number of fused-ring (bicyclic) bond motifs is 1. The van der Waals surface area contributed by atoms with Crippen molar-refractivity contribution in [1.82, 2.24) is 0 Å². The molecule has 2 aliphatic heterocycles. The lowest BCUT2D eigenvalue weighted by molar-refractivity contribution is 0.0348. The van der Waals surface area contributed by atoms with E-state index in [2.05, 4.69) is 44.9 Å². The second-order valence-electron chi connectivity index (χ2n) is 7.75. The first kappa shape index (κ1) is 19.1. The largest absolute Gasteiger partial charge is 0.432 e. The van der Waals surface area contributed by atoms with E-state index in [4.69, 9.17) is 13.8 Å². The Bertz CT molecular complexity index is 665. The van der Waals surface area contributed by atoms with E-state index in [0.29, 0.717) is 17.7 Å². The van der Waals surface area contributed by atoms with E-state index in [-0.39, 0.29) is 12.0 Å². The minimum Gasteiger partial charge on any atom is -0.420 e. The fraction of sp³-hybridized carbons (Fsp3) is 0.600. The Morgan fingerprint density at radius 2 is 1.77 bits per heavy atom. The van der Waals surface area contributed by atoms with Crippen LogP contribution in [-0.2, 0) is 13.8 Å². The Labute approximate surface area is 157 Å². The number of oxime groups is 2. The van der Waals surface area contributed by atoms with Gasteiger partial charge in [-0.25, -0.2) is 0 Å². The maximum Gasteiger partial charge on any atom is 0.432 e. The molecule has 0 N–H and O–H groups in total. The monoisotopic (exact) mass is 374 g/mol. The maximum atomic E-state index is 6.52. The van der Waals surface area contributed by atoms with Gasteiger partial charge in [0.05, 0.1) is 5.92 Å². The highest BCUT2D eigenvalue weighted by Gasteiger charge is 2.51. The molecule has 1 aromatic carbocycles. The van der Waals surface area contributed by atoms with Gasteiger partial charge in [0.15, 0.2) is 0 Å². The molecule has 26 heavy (non-hydrogen) atoms. The SMILES string of the molecule is CCC[C@H]1ON=C2/C(c3ccccc3)=N\O[Si](C(C)C)(C(C)C)OC[C@@H]21. The zero-order valence-corrected chi connectivity index (χ0v) is 17.4. The molecule has 0 unspecified atom stereocenters. The number of hydrogen-bond acceptors (Lipinski definition) is 5. The molecule has 6 heteroatoms. The molecule has 0 saturated heterocycles. The molecule has 2 atom stereocenters. The first-order valence-electron chi connectivity index (χ1n) is 9.69. The van der Waals surface area contributed by atoms with Gasteiger partial charge >= 0.3 is 8.56 Å². The van der Waals surface area contributed by atoms with Crippen LogP contribution >= 0.6 is 0 Å². The average molecular weight is 375 g/mol. The Kier molecular flexibility index (Phi) is 5.82. The van der Waals surface area contributed by atoms with Gasteiger partial charge in [-0.1, -0.05) is 81.7 Å². The predicted octanol–water partition coefficient (Wildman–Crippen LogP) is 4.87. The number of nitrogens with zero attached hydrogens (tertiary/aromatic N) is 2. The molecule has 2 heterocycles. The molecule has 0 bridgehead atoms. The van der Waals surface area contributed by atoms with Crippen molar-refractivity contribution in [1.29, 1.82) is 0 Å². The number of benzene rings is 1. The lowest BCUT2D eigenvalue weighted by Crippen LogP contribution is -2.51. The molecule has 0 spiro atoms. The van der Waals surface area contributed by atoms with Crippen molar-refractivity contribution < 1.29 is 13.8 Å². The van der Waals surface area contributed by atoms with E-state index in [0.717, 1.165) is 29.8 Å². The average Bonchev–Trinajstić information content (AvgIpc) is 2.98. The third-order valence-electron chi connectivity index (χ3n) is 5.33. The molecule has 0 aliphatic carbocycles. The summed E-state index contributed by atoms with van der Waals surface area (Å²) in [6.45, 7) is 11.5. The third kappa shape index (κ3) is 3.44. The molecule has 2 aliphatic rings. The second kappa shape index (κ2) is 7.92. The van der Waals surface area contributed by atoms with Gasteiger partial charge in [-0.2, -0.15) is 0 Å². The Morgan fingerprint density at radius 3 is 2.38 bits per heavy atom. The van der Waals surface area contributed by atoms with Crippen LogP contribution in [0.15, 0.2) is 40.6 Å². The van der Waals surface area contributed by atoms with E-state index in [1.165, 1.54) is 0 Å². The lowest BCUT2D eigenvalue weighted by Gasteiger charge is -2.37. The summed E-state index contributed by atoms with van der Waals surface area (Å²) in [4.78, 5) is 5.78. The fourth-order valence-electron chi connectivity index (χ4n) is 3.80. The normalized spacial score (nSPS) is 26.9. The van der Waals surface area contributed by atoms with Crippen LogP contribution in [0.2, 0.25) is 11.1 Å². The minimum atomic E-state index is -2.51. The van der Waals surface area contributed by atoms with Gasteiger partial charge in [0.25, 0.3) is 0 Å². The van der Waals surface area contributed by atoms with E-state index in [1.807, 2.05) is 30.3 Å². The molecule has 5 nitrogen and oxygen atoms in total. The van der Waals surface area contributed by atoms with Crippen LogP contribution in [0.1, 0.15) is 53.0 Å². The second-order valence-corrected chi connectivity index (χ2v) is 12.0. The first-order chi connectivity index (χ1) is 12.5.